The van der Waals surface area contributed by atoms with E-state index >= 15 is 0 Å². The van der Waals surface area contributed by atoms with Gasteiger partial charge in [-0.25, -0.2) is 14.8 Å². The van der Waals surface area contributed by atoms with Crippen molar-refractivity contribution < 1.29 is 29.0 Å². The second-order valence-corrected chi connectivity index (χ2v) is 16.1. The summed E-state index contributed by atoms with van der Waals surface area (Å²) in [6.07, 6.45) is 0.0710. The van der Waals surface area contributed by atoms with Crippen LogP contribution >= 0.6 is 11.3 Å². The zero-order chi connectivity index (χ0) is 35.3. The monoisotopic (exact) mass is 669 g/mol. The highest BCUT2D eigenvalue weighted by Crippen LogP contribution is 2.31. The number of hydrogen-bond donors (Lipinski definition) is 3. The van der Waals surface area contributed by atoms with Crippen molar-refractivity contribution in [2.75, 3.05) is 13.1 Å². The highest BCUT2D eigenvalue weighted by molar-refractivity contribution is 7.13. The summed E-state index contributed by atoms with van der Waals surface area (Å²) >= 11 is 1.57. The van der Waals surface area contributed by atoms with Crippen LogP contribution in [0.2, 0.25) is 0 Å². The van der Waals surface area contributed by atoms with Gasteiger partial charge in [0.2, 0.25) is 17.7 Å². The number of likely N-dealkylation sites (tertiary alicyclic amines) is 1. The lowest BCUT2D eigenvalue weighted by atomic mass is 9.80. The molecule has 1 fully saturated rings. The van der Waals surface area contributed by atoms with Gasteiger partial charge in [-0.15, -0.1) is 11.3 Å². The molecule has 2 aromatic rings. The lowest BCUT2D eigenvalue weighted by Gasteiger charge is -2.33. The average molecular weight is 670 g/mol. The molecule has 1 unspecified atom stereocenters. The number of aliphatic imine (C=N–C) groups is 1. The van der Waals surface area contributed by atoms with E-state index in [2.05, 4.69) is 20.6 Å². The molecule has 1 aliphatic rings. The minimum Gasteiger partial charge on any atom is -0.444 e. The standard InChI is InChI=1S/C35H51N5O6S/c1-21(23-11-13-24(14-12-23)29-22(2)38-20-47-29)39-30(43)27-15-25(41)18-40(27)31(44)26(33(3,4)5)17-36-28(42)16-35(9,10)19-37-32(45)46-34(6,7)8/h11-14,17,20-21,25-27,41H,15-16,18-19H2,1-10H3,(H,37,45)(H,39,43)/t21-,25+,26?,27-/m0/s1. The van der Waals surface area contributed by atoms with Crippen molar-refractivity contribution in [1.82, 2.24) is 20.5 Å². The molecule has 0 saturated carbocycles. The van der Waals surface area contributed by atoms with Gasteiger partial charge < -0.3 is 25.4 Å². The minimum atomic E-state index is -0.870. The van der Waals surface area contributed by atoms with E-state index in [4.69, 9.17) is 4.74 Å². The molecular formula is C35H51N5O6S. The Labute approximate surface area is 282 Å². The summed E-state index contributed by atoms with van der Waals surface area (Å²) in [7, 11) is 0. The quantitative estimate of drug-likeness (QED) is 0.285. The number of nitrogens with zero attached hydrogens (tertiary/aromatic N) is 3. The molecule has 1 aliphatic heterocycles. The number of aromatic nitrogens is 1. The molecule has 0 bridgehead atoms. The van der Waals surface area contributed by atoms with E-state index in [9.17, 15) is 24.3 Å². The first-order valence-corrected chi connectivity index (χ1v) is 16.9. The zero-order valence-electron chi connectivity index (χ0n) is 29.3. The Hall–Kier alpha value is -3.64. The number of alkyl carbamates (subject to hydrolysis) is 1. The number of aryl methyl sites for hydroxylation is 1. The maximum atomic E-state index is 13.9. The maximum Gasteiger partial charge on any atom is 0.407 e. The van der Waals surface area contributed by atoms with Gasteiger partial charge in [0.05, 0.1) is 34.1 Å². The average Bonchev–Trinajstić information content (AvgIpc) is 3.55. The Kier molecular flexibility index (Phi) is 12.1. The predicted octanol–water partition coefficient (Wildman–Crippen LogP) is 5.46. The first-order valence-electron chi connectivity index (χ1n) is 16.0. The van der Waals surface area contributed by atoms with Crippen molar-refractivity contribution in [3.05, 3.63) is 41.0 Å². The lowest BCUT2D eigenvalue weighted by molar-refractivity contribution is -0.142. The van der Waals surface area contributed by atoms with Gasteiger partial charge in [-0.2, -0.15) is 0 Å². The second-order valence-electron chi connectivity index (χ2n) is 15.2. The molecule has 0 radical (unpaired) electrons. The molecule has 12 heteroatoms. The van der Waals surface area contributed by atoms with Crippen LogP contribution in [0, 0.1) is 23.7 Å². The van der Waals surface area contributed by atoms with Crippen LogP contribution in [0.4, 0.5) is 4.79 Å². The van der Waals surface area contributed by atoms with E-state index in [0.717, 1.165) is 21.7 Å². The van der Waals surface area contributed by atoms with E-state index in [-0.39, 0.29) is 43.8 Å². The molecule has 3 N–H and O–H groups in total. The van der Waals surface area contributed by atoms with Crippen LogP contribution in [0.5, 0.6) is 0 Å². The van der Waals surface area contributed by atoms with Crippen LogP contribution in [0.1, 0.15) is 92.5 Å². The molecule has 2 heterocycles. The van der Waals surface area contributed by atoms with Gasteiger partial charge >= 0.3 is 6.09 Å². The number of nitrogens with one attached hydrogen (secondary N) is 2. The van der Waals surface area contributed by atoms with Gasteiger partial charge in [0, 0.05) is 32.1 Å². The minimum absolute atomic E-state index is 0.00588. The van der Waals surface area contributed by atoms with Gasteiger partial charge in [0.1, 0.15) is 11.6 Å². The number of benzene rings is 1. The van der Waals surface area contributed by atoms with Gasteiger partial charge in [-0.3, -0.25) is 14.4 Å². The number of hydrogen-bond acceptors (Lipinski definition) is 8. The Bertz CT molecular complexity index is 1450. The topological polar surface area (TPSA) is 150 Å². The second kappa shape index (κ2) is 15.1. The molecule has 1 aromatic carbocycles. The number of aliphatic hydroxyl groups excluding tert-OH is 1. The summed E-state index contributed by atoms with van der Waals surface area (Å²) in [5, 5.41) is 16.2. The van der Waals surface area contributed by atoms with Crippen LogP contribution in [0.25, 0.3) is 10.4 Å². The van der Waals surface area contributed by atoms with Gasteiger partial charge in [-0.1, -0.05) is 58.9 Å². The van der Waals surface area contributed by atoms with Crippen LogP contribution in [-0.4, -0.2) is 75.9 Å². The van der Waals surface area contributed by atoms with Gasteiger partial charge in [0.15, 0.2) is 0 Å². The zero-order valence-corrected chi connectivity index (χ0v) is 30.2. The van der Waals surface area contributed by atoms with Crippen molar-refractivity contribution in [3.63, 3.8) is 0 Å². The molecule has 1 saturated heterocycles. The molecule has 4 amide bonds. The molecule has 47 heavy (non-hydrogen) atoms. The van der Waals surface area contributed by atoms with E-state index in [1.165, 1.54) is 11.1 Å². The number of carbonyl (C=O) groups is 4. The fourth-order valence-electron chi connectivity index (χ4n) is 5.34. The van der Waals surface area contributed by atoms with Crippen LogP contribution in [0.15, 0.2) is 34.8 Å². The van der Waals surface area contributed by atoms with Crippen LogP contribution in [0.3, 0.4) is 0 Å². The first kappa shape index (κ1) is 37.8. The lowest BCUT2D eigenvalue weighted by Crippen LogP contribution is -2.50. The summed E-state index contributed by atoms with van der Waals surface area (Å²) in [4.78, 5) is 63.4. The van der Waals surface area contributed by atoms with Crippen molar-refractivity contribution in [1.29, 1.82) is 0 Å². The number of thiazole rings is 1. The molecular weight excluding hydrogens is 618 g/mol. The Morgan fingerprint density at radius 1 is 1.11 bits per heavy atom. The summed E-state index contributed by atoms with van der Waals surface area (Å²) in [5.74, 6) is -2.00. The number of ether oxygens (including phenoxy) is 1. The molecule has 258 valence electrons. The molecule has 4 atom stereocenters. The van der Waals surface area contributed by atoms with Crippen LogP contribution < -0.4 is 10.6 Å². The van der Waals surface area contributed by atoms with Gasteiger partial charge in [0.25, 0.3) is 0 Å². The van der Waals surface area contributed by atoms with Gasteiger partial charge in [-0.05, 0) is 56.6 Å². The summed E-state index contributed by atoms with van der Waals surface area (Å²) in [5.41, 5.74) is 2.85. The third kappa shape index (κ3) is 11.0. The highest BCUT2D eigenvalue weighted by atomic mass is 32.1. The Balaban J connectivity index is 1.67. The predicted molar refractivity (Wildman–Crippen MR) is 184 cm³/mol. The van der Waals surface area contributed by atoms with E-state index in [1.807, 2.05) is 78.2 Å². The number of rotatable bonds is 10. The fraction of sp³-hybridized carbons (Fsp3) is 0.600. The number of carbonyl (C=O) groups excluding carboxylic acids is 4. The number of β-amino-alcohol motifs (C(OH)–C–C–N with tert-alkyl or cyclic N) is 1. The van der Waals surface area contributed by atoms with Crippen molar-refractivity contribution in [2.45, 2.75) is 106 Å². The summed E-state index contributed by atoms with van der Waals surface area (Å²) in [6, 6.07) is 6.72. The number of amides is 4. The molecule has 0 spiro atoms. The summed E-state index contributed by atoms with van der Waals surface area (Å²) in [6.45, 7) is 18.6. The molecule has 11 nitrogen and oxygen atoms in total. The molecule has 0 aliphatic carbocycles. The third-order valence-electron chi connectivity index (χ3n) is 7.95. The molecule has 3 rings (SSSR count). The smallest absolute Gasteiger partial charge is 0.407 e. The number of aliphatic hydroxyl groups is 1. The van der Waals surface area contributed by atoms with Crippen molar-refractivity contribution in [3.8, 4) is 10.4 Å². The van der Waals surface area contributed by atoms with Crippen LogP contribution in [-0.2, 0) is 19.1 Å². The SMILES string of the molecule is Cc1ncsc1-c1ccc([C@H](C)NC(=O)[C@@H]2C[C@@H](O)CN2C(=O)C(C=NC(=O)CC(C)(C)CNC(=O)OC(C)(C)C)C(C)(C)C)cc1. The first-order chi connectivity index (χ1) is 21.7. The third-order valence-corrected chi connectivity index (χ3v) is 8.93. The van der Waals surface area contributed by atoms with E-state index in [0.29, 0.717) is 0 Å². The van der Waals surface area contributed by atoms with E-state index in [1.54, 1.807) is 32.1 Å². The molecule has 1 aromatic heterocycles. The largest absolute Gasteiger partial charge is 0.444 e. The van der Waals surface area contributed by atoms with E-state index < -0.39 is 46.5 Å². The fourth-order valence-corrected chi connectivity index (χ4v) is 6.15. The Morgan fingerprint density at radius 2 is 1.74 bits per heavy atom. The van der Waals surface area contributed by atoms with Crippen molar-refractivity contribution >= 4 is 41.4 Å². The normalized spacial score (nSPS) is 18.6. The summed E-state index contributed by atoms with van der Waals surface area (Å²) < 4.78 is 5.27. The Morgan fingerprint density at radius 3 is 2.30 bits per heavy atom. The maximum absolute atomic E-state index is 13.9. The highest BCUT2D eigenvalue weighted by Gasteiger charge is 2.44. The van der Waals surface area contributed by atoms with Crippen molar-refractivity contribution in [2.24, 2.45) is 21.7 Å².